The fraction of sp³-hybridized carbons (Fsp3) is 0.429. The number of imidazole rings is 1. The van der Waals surface area contributed by atoms with Crippen molar-refractivity contribution in [1.29, 1.82) is 0 Å². The maximum absolute atomic E-state index is 12.5. The van der Waals surface area contributed by atoms with E-state index in [9.17, 15) is 15.0 Å². The summed E-state index contributed by atoms with van der Waals surface area (Å²) in [5.41, 5.74) is 7.75. The molecule has 1 fully saturated rings. The number of nitrogens with one attached hydrogen (secondary N) is 2. The number of nitrogens with zero attached hydrogens (tertiary/aromatic N) is 4. The van der Waals surface area contributed by atoms with Crippen molar-refractivity contribution >= 4 is 22.9 Å². The lowest BCUT2D eigenvalue weighted by Gasteiger charge is -2.16. The zero-order valence-corrected chi connectivity index (χ0v) is 17.5. The zero-order chi connectivity index (χ0) is 22.5. The summed E-state index contributed by atoms with van der Waals surface area (Å²) in [7, 11) is 0. The second-order valence-electron chi connectivity index (χ2n) is 7.64. The average molecular weight is 441 g/mol. The Morgan fingerprint density at radius 2 is 1.91 bits per heavy atom. The SMILES string of the molecule is Nc1ncnc2c1ncn2[C@@H]1O[C@H](C(=O)NCCCNCCc2ccccc2)[C@@H](O)[C@H]1O. The molecule has 4 rings (SSSR count). The monoisotopic (exact) mass is 441 g/mol. The molecule has 1 aromatic carbocycles. The van der Waals surface area contributed by atoms with E-state index in [-0.39, 0.29) is 5.82 Å². The van der Waals surface area contributed by atoms with Crippen LogP contribution in [0.25, 0.3) is 11.2 Å². The Balaban J connectivity index is 1.24. The van der Waals surface area contributed by atoms with Gasteiger partial charge in [-0.15, -0.1) is 0 Å². The Bertz CT molecular complexity index is 1050. The number of benzene rings is 1. The summed E-state index contributed by atoms with van der Waals surface area (Å²) in [6.45, 7) is 2.01. The van der Waals surface area contributed by atoms with E-state index in [4.69, 9.17) is 10.5 Å². The number of aliphatic hydroxyl groups is 2. The fourth-order valence-electron chi connectivity index (χ4n) is 3.69. The molecule has 170 valence electrons. The summed E-state index contributed by atoms with van der Waals surface area (Å²) < 4.78 is 7.11. The first-order valence-electron chi connectivity index (χ1n) is 10.5. The van der Waals surface area contributed by atoms with Crippen LogP contribution in [0, 0.1) is 0 Å². The number of ether oxygens (including phenoxy) is 1. The fourth-order valence-corrected chi connectivity index (χ4v) is 3.69. The number of hydrogen-bond acceptors (Lipinski definition) is 9. The third kappa shape index (κ3) is 4.70. The molecular formula is C21H27N7O4. The molecule has 6 N–H and O–H groups in total. The highest BCUT2D eigenvalue weighted by Crippen LogP contribution is 2.32. The van der Waals surface area contributed by atoms with Crippen molar-refractivity contribution in [2.75, 3.05) is 25.4 Å². The number of amides is 1. The standard InChI is InChI=1S/C21H27N7O4/c22-18-14-19(26-11-25-18)28(12-27-14)21-16(30)15(29)17(32-21)20(31)24-9-4-8-23-10-7-13-5-2-1-3-6-13/h1-3,5-6,11-12,15-17,21,23,29-30H,4,7-10H2,(H,24,31)(H2,22,25,26)/t15-,16+,17-,21+/m0/s1. The third-order valence-electron chi connectivity index (χ3n) is 5.42. The quantitative estimate of drug-likeness (QED) is 0.272. The van der Waals surface area contributed by atoms with Crippen molar-refractivity contribution in [2.24, 2.45) is 0 Å². The predicted molar refractivity (Wildman–Crippen MR) is 116 cm³/mol. The van der Waals surface area contributed by atoms with Gasteiger partial charge in [-0.05, 0) is 31.5 Å². The molecule has 1 aliphatic heterocycles. The lowest BCUT2D eigenvalue weighted by molar-refractivity contribution is -0.137. The van der Waals surface area contributed by atoms with Crippen molar-refractivity contribution < 1.29 is 19.7 Å². The number of anilines is 1. The summed E-state index contributed by atoms with van der Waals surface area (Å²) in [4.78, 5) is 24.6. The number of carbonyl (C=O) groups excluding carboxylic acids is 1. The van der Waals surface area contributed by atoms with E-state index < -0.39 is 30.4 Å². The van der Waals surface area contributed by atoms with E-state index in [0.29, 0.717) is 17.7 Å². The van der Waals surface area contributed by atoms with Gasteiger partial charge in [-0.3, -0.25) is 9.36 Å². The maximum Gasteiger partial charge on any atom is 0.252 e. The largest absolute Gasteiger partial charge is 0.387 e. The molecule has 0 radical (unpaired) electrons. The lowest BCUT2D eigenvalue weighted by atomic mass is 10.1. The van der Waals surface area contributed by atoms with Gasteiger partial charge in [0.15, 0.2) is 23.8 Å². The number of aliphatic hydroxyl groups excluding tert-OH is 2. The first-order valence-corrected chi connectivity index (χ1v) is 10.5. The van der Waals surface area contributed by atoms with E-state index in [0.717, 1.165) is 25.9 Å². The molecule has 3 aromatic rings. The molecule has 2 aromatic heterocycles. The van der Waals surface area contributed by atoms with Crippen LogP contribution < -0.4 is 16.4 Å². The van der Waals surface area contributed by atoms with E-state index in [1.165, 1.54) is 22.8 Å². The van der Waals surface area contributed by atoms with Crippen LogP contribution in [0.3, 0.4) is 0 Å². The van der Waals surface area contributed by atoms with Gasteiger partial charge in [0, 0.05) is 6.54 Å². The summed E-state index contributed by atoms with van der Waals surface area (Å²) in [6.07, 6.45) is -0.646. The van der Waals surface area contributed by atoms with E-state index in [1.807, 2.05) is 18.2 Å². The number of rotatable bonds is 9. The Kier molecular flexibility index (Phi) is 6.90. The van der Waals surface area contributed by atoms with Gasteiger partial charge in [0.2, 0.25) is 0 Å². The molecule has 0 aliphatic carbocycles. The van der Waals surface area contributed by atoms with Crippen LogP contribution in [-0.2, 0) is 16.0 Å². The first kappa shape index (κ1) is 22.1. The lowest BCUT2D eigenvalue weighted by Crippen LogP contribution is -2.43. The number of aromatic nitrogens is 4. The summed E-state index contributed by atoms with van der Waals surface area (Å²) >= 11 is 0. The molecule has 3 heterocycles. The van der Waals surface area contributed by atoms with Gasteiger partial charge in [0.25, 0.3) is 5.91 Å². The van der Waals surface area contributed by atoms with Crippen LogP contribution in [0.4, 0.5) is 5.82 Å². The highest BCUT2D eigenvalue weighted by Gasteiger charge is 2.47. The van der Waals surface area contributed by atoms with Crippen LogP contribution in [-0.4, -0.2) is 73.6 Å². The molecule has 0 saturated carbocycles. The number of fused-ring (bicyclic) bond motifs is 1. The molecule has 32 heavy (non-hydrogen) atoms. The first-order chi connectivity index (χ1) is 15.6. The average Bonchev–Trinajstić information content (AvgIpc) is 3.36. The minimum atomic E-state index is -1.39. The smallest absolute Gasteiger partial charge is 0.252 e. The Morgan fingerprint density at radius 3 is 2.72 bits per heavy atom. The van der Waals surface area contributed by atoms with Crippen LogP contribution in [0.15, 0.2) is 43.0 Å². The minimum Gasteiger partial charge on any atom is -0.387 e. The van der Waals surface area contributed by atoms with E-state index in [2.05, 4.69) is 37.7 Å². The number of hydrogen-bond donors (Lipinski definition) is 5. The van der Waals surface area contributed by atoms with Gasteiger partial charge >= 0.3 is 0 Å². The second kappa shape index (κ2) is 10.0. The van der Waals surface area contributed by atoms with Crippen molar-refractivity contribution in [3.05, 3.63) is 48.5 Å². The van der Waals surface area contributed by atoms with E-state index in [1.54, 1.807) is 0 Å². The third-order valence-corrected chi connectivity index (χ3v) is 5.42. The van der Waals surface area contributed by atoms with Crippen LogP contribution >= 0.6 is 0 Å². The molecule has 1 saturated heterocycles. The second-order valence-corrected chi connectivity index (χ2v) is 7.64. The van der Waals surface area contributed by atoms with E-state index >= 15 is 0 Å². The Hall–Kier alpha value is -3.12. The number of nitrogens with two attached hydrogens (primary N) is 1. The Labute approximate surface area is 184 Å². The molecular weight excluding hydrogens is 414 g/mol. The van der Waals surface area contributed by atoms with Gasteiger partial charge in [-0.25, -0.2) is 15.0 Å². The van der Waals surface area contributed by atoms with Crippen molar-refractivity contribution in [3.8, 4) is 0 Å². The zero-order valence-electron chi connectivity index (χ0n) is 17.5. The highest BCUT2D eigenvalue weighted by molar-refractivity contribution is 5.82. The molecule has 11 heteroatoms. The highest BCUT2D eigenvalue weighted by atomic mass is 16.6. The topological polar surface area (TPSA) is 160 Å². The Morgan fingerprint density at radius 1 is 1.09 bits per heavy atom. The van der Waals surface area contributed by atoms with Gasteiger partial charge in [0.1, 0.15) is 24.1 Å². The van der Waals surface area contributed by atoms with Gasteiger partial charge in [-0.1, -0.05) is 30.3 Å². The summed E-state index contributed by atoms with van der Waals surface area (Å²) in [5, 5.41) is 26.9. The van der Waals surface area contributed by atoms with Gasteiger partial charge in [0.05, 0.1) is 6.33 Å². The molecule has 11 nitrogen and oxygen atoms in total. The molecule has 0 bridgehead atoms. The number of nitrogen functional groups attached to an aromatic ring is 1. The van der Waals surface area contributed by atoms with Crippen molar-refractivity contribution in [3.63, 3.8) is 0 Å². The molecule has 0 spiro atoms. The molecule has 4 atom stereocenters. The van der Waals surface area contributed by atoms with Gasteiger partial charge in [-0.2, -0.15) is 0 Å². The van der Waals surface area contributed by atoms with Crippen LogP contribution in [0.1, 0.15) is 18.2 Å². The number of carbonyl (C=O) groups is 1. The summed E-state index contributed by atoms with van der Waals surface area (Å²) in [6, 6.07) is 10.2. The molecule has 1 amide bonds. The van der Waals surface area contributed by atoms with Crippen molar-refractivity contribution in [2.45, 2.75) is 37.4 Å². The molecule has 0 unspecified atom stereocenters. The maximum atomic E-state index is 12.5. The normalized spacial score (nSPS) is 22.9. The summed E-state index contributed by atoms with van der Waals surface area (Å²) in [5.74, 6) is -0.296. The van der Waals surface area contributed by atoms with Crippen molar-refractivity contribution in [1.82, 2.24) is 30.2 Å². The predicted octanol–water partition coefficient (Wildman–Crippen LogP) is -0.634. The minimum absolute atomic E-state index is 0.188. The van der Waals surface area contributed by atoms with Gasteiger partial charge < -0.3 is 31.3 Å². The molecule has 1 aliphatic rings. The van der Waals surface area contributed by atoms with Crippen LogP contribution in [0.2, 0.25) is 0 Å². The van der Waals surface area contributed by atoms with Crippen LogP contribution in [0.5, 0.6) is 0 Å².